The van der Waals surface area contributed by atoms with Crippen LogP contribution in [-0.2, 0) is 0 Å². The van der Waals surface area contributed by atoms with Crippen molar-refractivity contribution < 1.29 is 0 Å². The molecule has 6 heteroatoms. The fourth-order valence-electron chi connectivity index (χ4n) is 3.33. The molecule has 1 saturated heterocycles. The summed E-state index contributed by atoms with van der Waals surface area (Å²) in [6.45, 7) is 2.31. The highest BCUT2D eigenvalue weighted by atomic mass is 15.3. The van der Waals surface area contributed by atoms with Crippen LogP contribution >= 0.6 is 0 Å². The summed E-state index contributed by atoms with van der Waals surface area (Å²) in [7, 11) is 0. The van der Waals surface area contributed by atoms with Gasteiger partial charge in [0.1, 0.15) is 11.6 Å². The molecule has 2 unspecified atom stereocenters. The first kappa shape index (κ1) is 12.0. The van der Waals surface area contributed by atoms with Gasteiger partial charge in [0.05, 0.1) is 11.9 Å². The first-order valence-electron chi connectivity index (χ1n) is 7.64. The zero-order valence-electron chi connectivity index (χ0n) is 12.1. The van der Waals surface area contributed by atoms with E-state index in [1.807, 2.05) is 18.3 Å². The number of hydrogen-bond donors (Lipinski definition) is 1. The van der Waals surface area contributed by atoms with Crippen LogP contribution in [0.25, 0.3) is 5.65 Å². The summed E-state index contributed by atoms with van der Waals surface area (Å²) in [6, 6.07) is 8.05. The number of imidazole rings is 1. The van der Waals surface area contributed by atoms with Crippen LogP contribution in [0.2, 0.25) is 0 Å². The fourth-order valence-corrected chi connectivity index (χ4v) is 3.33. The lowest BCUT2D eigenvalue weighted by atomic mass is 10.3. The van der Waals surface area contributed by atoms with E-state index >= 15 is 0 Å². The highest BCUT2D eigenvalue weighted by molar-refractivity contribution is 5.72. The summed E-state index contributed by atoms with van der Waals surface area (Å²) < 4.78 is 1.75. The Morgan fingerprint density at radius 2 is 2.00 bits per heavy atom. The van der Waals surface area contributed by atoms with E-state index in [0.29, 0.717) is 0 Å². The smallest absolute Gasteiger partial charge is 0.177 e. The summed E-state index contributed by atoms with van der Waals surface area (Å²) in [6.07, 6.45) is 6.74. The van der Waals surface area contributed by atoms with Crippen LogP contribution in [0, 0.1) is 11.8 Å². The summed E-state index contributed by atoms with van der Waals surface area (Å²) >= 11 is 0. The molecule has 4 heterocycles. The van der Waals surface area contributed by atoms with Crippen molar-refractivity contribution in [1.29, 1.82) is 0 Å². The van der Waals surface area contributed by atoms with Gasteiger partial charge in [0, 0.05) is 25.5 Å². The van der Waals surface area contributed by atoms with Gasteiger partial charge in [-0.3, -0.25) is 0 Å². The monoisotopic (exact) mass is 292 g/mol. The number of rotatable bonds is 3. The van der Waals surface area contributed by atoms with Gasteiger partial charge in [-0.1, -0.05) is 6.07 Å². The van der Waals surface area contributed by atoms with E-state index in [2.05, 4.69) is 32.4 Å². The third kappa shape index (κ3) is 1.91. The topological polar surface area (TPSA) is 58.4 Å². The van der Waals surface area contributed by atoms with Crippen molar-refractivity contribution in [3.05, 3.63) is 42.9 Å². The lowest BCUT2D eigenvalue weighted by Gasteiger charge is -2.19. The lowest BCUT2D eigenvalue weighted by molar-refractivity contribution is 0.806. The molecule has 2 aliphatic rings. The predicted octanol–water partition coefficient (Wildman–Crippen LogP) is 2.32. The zero-order valence-corrected chi connectivity index (χ0v) is 12.1. The van der Waals surface area contributed by atoms with Crippen molar-refractivity contribution in [3.63, 3.8) is 0 Å². The van der Waals surface area contributed by atoms with Crippen molar-refractivity contribution in [2.24, 2.45) is 11.8 Å². The van der Waals surface area contributed by atoms with Gasteiger partial charge < -0.3 is 10.2 Å². The Kier molecular flexibility index (Phi) is 2.41. The molecule has 1 saturated carbocycles. The van der Waals surface area contributed by atoms with Crippen molar-refractivity contribution in [2.75, 3.05) is 23.3 Å². The van der Waals surface area contributed by atoms with Gasteiger partial charge in [0.2, 0.25) is 0 Å². The highest BCUT2D eigenvalue weighted by Crippen LogP contribution is 2.46. The molecule has 3 aromatic heterocycles. The summed E-state index contributed by atoms with van der Waals surface area (Å²) in [4.78, 5) is 11.5. The molecule has 110 valence electrons. The van der Waals surface area contributed by atoms with E-state index in [0.717, 1.165) is 47.9 Å². The minimum Gasteiger partial charge on any atom is -0.356 e. The highest BCUT2D eigenvalue weighted by Gasteiger charge is 2.45. The SMILES string of the molecule is c1cc(Nc2ccnn3ccnc23)nc(N2CC3CC3C2)c1. The average Bonchev–Trinajstić information content (AvgIpc) is 2.97. The molecule has 1 aliphatic carbocycles. The van der Waals surface area contributed by atoms with Gasteiger partial charge in [-0.25, -0.2) is 14.5 Å². The van der Waals surface area contributed by atoms with Crippen LogP contribution in [0.5, 0.6) is 0 Å². The largest absolute Gasteiger partial charge is 0.356 e. The number of nitrogens with one attached hydrogen (secondary N) is 1. The van der Waals surface area contributed by atoms with Crippen LogP contribution in [-0.4, -0.2) is 32.7 Å². The maximum Gasteiger partial charge on any atom is 0.177 e. The molecule has 2 atom stereocenters. The van der Waals surface area contributed by atoms with Crippen molar-refractivity contribution in [2.45, 2.75) is 6.42 Å². The third-order valence-corrected chi connectivity index (χ3v) is 4.59. The minimum absolute atomic E-state index is 0.803. The second-order valence-electron chi connectivity index (χ2n) is 6.11. The van der Waals surface area contributed by atoms with Gasteiger partial charge in [-0.15, -0.1) is 0 Å². The summed E-state index contributed by atoms with van der Waals surface area (Å²) in [5.74, 6) is 3.71. The number of pyridine rings is 1. The van der Waals surface area contributed by atoms with Crippen LogP contribution in [0.15, 0.2) is 42.9 Å². The van der Waals surface area contributed by atoms with E-state index in [4.69, 9.17) is 4.98 Å². The number of hydrogen-bond acceptors (Lipinski definition) is 5. The Balaban J connectivity index is 1.44. The Labute approximate surface area is 127 Å². The van der Waals surface area contributed by atoms with E-state index in [-0.39, 0.29) is 0 Å². The Bertz CT molecular complexity index is 831. The van der Waals surface area contributed by atoms with Gasteiger partial charge in [-0.2, -0.15) is 5.10 Å². The number of piperidine rings is 1. The molecule has 0 aromatic carbocycles. The quantitative estimate of drug-likeness (QED) is 0.803. The molecular formula is C16H16N6. The number of anilines is 3. The molecule has 0 bridgehead atoms. The van der Waals surface area contributed by atoms with Crippen LogP contribution in [0.1, 0.15) is 6.42 Å². The minimum atomic E-state index is 0.803. The molecule has 0 radical (unpaired) electrons. The van der Waals surface area contributed by atoms with Crippen molar-refractivity contribution >= 4 is 23.0 Å². The maximum absolute atomic E-state index is 4.75. The number of fused-ring (bicyclic) bond motifs is 2. The number of nitrogens with zero attached hydrogens (tertiary/aromatic N) is 5. The Morgan fingerprint density at radius 3 is 2.91 bits per heavy atom. The molecule has 5 rings (SSSR count). The summed E-state index contributed by atoms with van der Waals surface area (Å²) in [5, 5.41) is 7.58. The summed E-state index contributed by atoms with van der Waals surface area (Å²) in [5.41, 5.74) is 1.71. The number of aromatic nitrogens is 4. The molecule has 1 aliphatic heterocycles. The maximum atomic E-state index is 4.75. The second kappa shape index (κ2) is 4.43. The molecule has 0 spiro atoms. The van der Waals surface area contributed by atoms with Crippen LogP contribution in [0.4, 0.5) is 17.3 Å². The van der Waals surface area contributed by atoms with Crippen molar-refractivity contribution in [1.82, 2.24) is 19.6 Å². The van der Waals surface area contributed by atoms with E-state index in [1.165, 1.54) is 6.42 Å². The van der Waals surface area contributed by atoms with Crippen LogP contribution in [0.3, 0.4) is 0 Å². The fraction of sp³-hybridized carbons (Fsp3) is 0.312. The lowest BCUT2D eigenvalue weighted by Crippen LogP contribution is -2.22. The first-order chi connectivity index (χ1) is 10.9. The van der Waals surface area contributed by atoms with Gasteiger partial charge in [0.15, 0.2) is 5.65 Å². The average molecular weight is 292 g/mol. The van der Waals surface area contributed by atoms with Gasteiger partial charge in [0.25, 0.3) is 0 Å². The van der Waals surface area contributed by atoms with Crippen molar-refractivity contribution in [3.8, 4) is 0 Å². The third-order valence-electron chi connectivity index (χ3n) is 4.59. The Morgan fingerprint density at radius 1 is 1.09 bits per heavy atom. The van der Waals surface area contributed by atoms with Gasteiger partial charge in [-0.05, 0) is 36.5 Å². The molecule has 6 nitrogen and oxygen atoms in total. The van der Waals surface area contributed by atoms with Crippen LogP contribution < -0.4 is 10.2 Å². The van der Waals surface area contributed by atoms with E-state index in [1.54, 1.807) is 16.9 Å². The molecule has 1 N–H and O–H groups in total. The standard InChI is InChI=1S/C16H16N6/c1-2-14(19-13-4-5-18-22-7-6-17-16(13)22)20-15(3-1)21-9-11-8-12(11)10-21/h1-7,11-12H,8-10H2,(H,19,20). The van der Waals surface area contributed by atoms with E-state index < -0.39 is 0 Å². The first-order valence-corrected chi connectivity index (χ1v) is 7.64. The molecule has 22 heavy (non-hydrogen) atoms. The van der Waals surface area contributed by atoms with Gasteiger partial charge >= 0.3 is 0 Å². The van der Waals surface area contributed by atoms with E-state index in [9.17, 15) is 0 Å². The molecule has 3 aromatic rings. The molecular weight excluding hydrogens is 276 g/mol. The predicted molar refractivity (Wildman–Crippen MR) is 84.3 cm³/mol. The second-order valence-corrected chi connectivity index (χ2v) is 6.11. The molecule has 0 amide bonds. The molecule has 2 fully saturated rings. The Hall–Kier alpha value is -2.63. The zero-order chi connectivity index (χ0) is 14.5. The normalized spacial score (nSPS) is 22.8.